The van der Waals surface area contributed by atoms with Crippen molar-refractivity contribution >= 4 is 28.2 Å². The Balaban J connectivity index is 1.71. The van der Waals surface area contributed by atoms with E-state index in [-0.39, 0.29) is 12.5 Å². The summed E-state index contributed by atoms with van der Waals surface area (Å²) in [6.45, 7) is 2.08. The van der Waals surface area contributed by atoms with Gasteiger partial charge in [-0.25, -0.2) is 0 Å². The molecule has 1 aromatic heterocycles. The lowest BCUT2D eigenvalue weighted by atomic mass is 9.84. The van der Waals surface area contributed by atoms with Gasteiger partial charge in [-0.05, 0) is 42.9 Å². The number of nitrogens with two attached hydrogens (primary N) is 1. The zero-order chi connectivity index (χ0) is 18.5. The first-order valence-corrected chi connectivity index (χ1v) is 9.82. The summed E-state index contributed by atoms with van der Waals surface area (Å²) < 4.78 is 5.47. The minimum absolute atomic E-state index is 0.108. The number of anilines is 1. The topological polar surface area (TPSA) is 81.4 Å². The molecule has 0 aliphatic heterocycles. The molecule has 1 aliphatic carbocycles. The molecule has 1 aromatic carbocycles. The van der Waals surface area contributed by atoms with Gasteiger partial charge in [-0.15, -0.1) is 11.3 Å². The summed E-state index contributed by atoms with van der Waals surface area (Å²) in [5.74, 6) is 0.512. The number of hydrogen-bond donors (Lipinski definition) is 2. The number of carbonyl (C=O) groups is 2. The molecule has 1 atom stereocenters. The quantitative estimate of drug-likeness (QED) is 0.776. The Labute approximate surface area is 157 Å². The molecule has 0 spiro atoms. The summed E-state index contributed by atoms with van der Waals surface area (Å²) in [7, 11) is 0. The molecule has 26 heavy (non-hydrogen) atoms. The van der Waals surface area contributed by atoms with Crippen molar-refractivity contribution in [2.75, 3.05) is 11.9 Å². The fourth-order valence-electron chi connectivity index (χ4n) is 3.49. The van der Waals surface area contributed by atoms with Crippen LogP contribution in [0.1, 0.15) is 47.0 Å². The molecule has 1 aliphatic rings. The second-order valence-corrected chi connectivity index (χ2v) is 7.72. The van der Waals surface area contributed by atoms with Crippen molar-refractivity contribution in [3.05, 3.63) is 46.3 Å². The summed E-state index contributed by atoms with van der Waals surface area (Å²) >= 11 is 1.48. The van der Waals surface area contributed by atoms with Crippen molar-refractivity contribution in [2.24, 2.45) is 11.7 Å². The number of amides is 2. The second-order valence-electron chi connectivity index (χ2n) is 6.62. The predicted octanol–water partition coefficient (Wildman–Crippen LogP) is 3.77. The molecule has 0 saturated heterocycles. The van der Waals surface area contributed by atoms with E-state index in [0.29, 0.717) is 22.2 Å². The number of fused-ring (bicyclic) bond motifs is 1. The predicted molar refractivity (Wildman–Crippen MR) is 104 cm³/mol. The van der Waals surface area contributed by atoms with E-state index in [0.717, 1.165) is 31.2 Å². The zero-order valence-corrected chi connectivity index (χ0v) is 15.7. The largest absolute Gasteiger partial charge is 0.484 e. The highest BCUT2D eigenvalue weighted by molar-refractivity contribution is 7.17. The van der Waals surface area contributed by atoms with Crippen molar-refractivity contribution in [3.8, 4) is 5.75 Å². The van der Waals surface area contributed by atoms with Crippen molar-refractivity contribution in [2.45, 2.75) is 39.0 Å². The second kappa shape index (κ2) is 8.36. The van der Waals surface area contributed by atoms with Crippen LogP contribution in [0.5, 0.6) is 5.75 Å². The summed E-state index contributed by atoms with van der Waals surface area (Å²) in [5.41, 5.74) is 7.10. The summed E-state index contributed by atoms with van der Waals surface area (Å²) in [4.78, 5) is 25.4. The third kappa shape index (κ3) is 4.25. The first-order chi connectivity index (χ1) is 12.6. The van der Waals surface area contributed by atoms with Crippen molar-refractivity contribution in [3.63, 3.8) is 0 Å². The first-order valence-electron chi connectivity index (χ1n) is 9.00. The van der Waals surface area contributed by atoms with E-state index in [2.05, 4.69) is 12.2 Å². The maximum absolute atomic E-state index is 12.3. The van der Waals surface area contributed by atoms with Gasteiger partial charge in [0.1, 0.15) is 10.8 Å². The molecule has 0 unspecified atom stereocenters. The van der Waals surface area contributed by atoms with Crippen LogP contribution in [0, 0.1) is 5.92 Å². The highest BCUT2D eigenvalue weighted by atomic mass is 32.1. The van der Waals surface area contributed by atoms with Crippen LogP contribution in [-0.2, 0) is 17.6 Å². The van der Waals surface area contributed by atoms with Gasteiger partial charge in [0, 0.05) is 4.88 Å². The molecule has 138 valence electrons. The number of benzene rings is 1. The van der Waals surface area contributed by atoms with Crippen LogP contribution < -0.4 is 15.8 Å². The van der Waals surface area contributed by atoms with Crippen molar-refractivity contribution in [1.82, 2.24) is 0 Å². The number of nitrogens with one attached hydrogen (secondary N) is 1. The van der Waals surface area contributed by atoms with Gasteiger partial charge in [-0.1, -0.05) is 38.0 Å². The Morgan fingerprint density at radius 3 is 2.77 bits per heavy atom. The van der Waals surface area contributed by atoms with Crippen LogP contribution in [0.4, 0.5) is 5.00 Å². The lowest BCUT2D eigenvalue weighted by molar-refractivity contribution is -0.118. The third-order valence-electron chi connectivity index (χ3n) is 4.68. The molecular weight excluding hydrogens is 348 g/mol. The average molecular weight is 372 g/mol. The Morgan fingerprint density at radius 1 is 1.31 bits per heavy atom. The van der Waals surface area contributed by atoms with Gasteiger partial charge in [0.05, 0.1) is 5.56 Å². The highest BCUT2D eigenvalue weighted by Crippen LogP contribution is 2.40. The molecule has 2 amide bonds. The number of hydrogen-bond acceptors (Lipinski definition) is 4. The van der Waals surface area contributed by atoms with E-state index in [9.17, 15) is 9.59 Å². The highest BCUT2D eigenvalue weighted by Gasteiger charge is 2.28. The van der Waals surface area contributed by atoms with Gasteiger partial charge >= 0.3 is 0 Å². The molecule has 1 heterocycles. The van der Waals surface area contributed by atoms with Crippen LogP contribution in [0.15, 0.2) is 30.3 Å². The van der Waals surface area contributed by atoms with Gasteiger partial charge in [0.25, 0.3) is 11.8 Å². The van der Waals surface area contributed by atoms with Gasteiger partial charge in [0.2, 0.25) is 0 Å². The molecule has 0 fully saturated rings. The third-order valence-corrected chi connectivity index (χ3v) is 5.85. The van der Waals surface area contributed by atoms with Crippen molar-refractivity contribution in [1.29, 1.82) is 0 Å². The number of para-hydroxylation sites is 1. The SMILES string of the molecule is CCC[C@@H]1CCc2c(sc(NC(=O)COc3ccccc3)c2C(N)=O)C1. The number of rotatable bonds is 7. The van der Waals surface area contributed by atoms with Crippen LogP contribution >= 0.6 is 11.3 Å². The van der Waals surface area contributed by atoms with Crippen LogP contribution in [-0.4, -0.2) is 18.4 Å². The summed E-state index contributed by atoms with van der Waals surface area (Å²) in [6, 6.07) is 9.16. The molecule has 0 saturated carbocycles. The van der Waals surface area contributed by atoms with Gasteiger partial charge in [0.15, 0.2) is 6.61 Å². The molecular formula is C20H24N2O3S. The van der Waals surface area contributed by atoms with Crippen LogP contribution in [0.25, 0.3) is 0 Å². The first kappa shape index (κ1) is 18.5. The number of carbonyl (C=O) groups excluding carboxylic acids is 2. The average Bonchev–Trinajstić information content (AvgIpc) is 2.98. The molecule has 5 nitrogen and oxygen atoms in total. The van der Waals surface area contributed by atoms with Crippen LogP contribution in [0.3, 0.4) is 0 Å². The Morgan fingerprint density at radius 2 is 2.08 bits per heavy atom. The summed E-state index contributed by atoms with van der Waals surface area (Å²) in [6.07, 6.45) is 5.24. The maximum Gasteiger partial charge on any atom is 0.262 e. The smallest absolute Gasteiger partial charge is 0.262 e. The zero-order valence-electron chi connectivity index (χ0n) is 14.9. The molecule has 0 radical (unpaired) electrons. The fraction of sp³-hybridized carbons (Fsp3) is 0.400. The number of primary amides is 1. The molecule has 3 rings (SSSR count). The Bertz CT molecular complexity index is 786. The number of thiophene rings is 1. The van der Waals surface area contributed by atoms with Gasteiger partial charge in [-0.3, -0.25) is 9.59 Å². The lowest BCUT2D eigenvalue weighted by Crippen LogP contribution is -2.22. The Kier molecular flexibility index (Phi) is 5.93. The fourth-order valence-corrected chi connectivity index (χ4v) is 4.87. The van der Waals surface area contributed by atoms with Crippen molar-refractivity contribution < 1.29 is 14.3 Å². The Hall–Kier alpha value is -2.34. The van der Waals surface area contributed by atoms with E-state index >= 15 is 0 Å². The van der Waals surface area contributed by atoms with E-state index in [1.807, 2.05) is 18.2 Å². The minimum Gasteiger partial charge on any atom is -0.484 e. The minimum atomic E-state index is -0.476. The van der Waals surface area contributed by atoms with E-state index in [1.165, 1.54) is 22.6 Å². The van der Waals surface area contributed by atoms with Crippen LogP contribution in [0.2, 0.25) is 0 Å². The molecule has 0 bridgehead atoms. The monoisotopic (exact) mass is 372 g/mol. The van der Waals surface area contributed by atoms with E-state index < -0.39 is 5.91 Å². The molecule has 6 heteroatoms. The maximum atomic E-state index is 12.3. The van der Waals surface area contributed by atoms with E-state index in [4.69, 9.17) is 10.5 Å². The summed E-state index contributed by atoms with van der Waals surface area (Å²) in [5, 5.41) is 3.38. The molecule has 2 aromatic rings. The normalized spacial score (nSPS) is 16.0. The standard InChI is InChI=1S/C20H24N2O3S/c1-2-6-13-9-10-15-16(11-13)26-20(18(15)19(21)24)22-17(23)12-25-14-7-4-3-5-8-14/h3-5,7-8,13H,2,6,9-12H2,1H3,(H2,21,24)(H,22,23)/t13-/m1/s1. The lowest BCUT2D eigenvalue weighted by Gasteiger charge is -2.21. The molecule has 3 N–H and O–H groups in total. The number of ether oxygens (including phenoxy) is 1. The van der Waals surface area contributed by atoms with E-state index in [1.54, 1.807) is 12.1 Å². The van der Waals surface area contributed by atoms with Gasteiger partial charge < -0.3 is 15.8 Å². The van der Waals surface area contributed by atoms with Gasteiger partial charge in [-0.2, -0.15) is 0 Å².